The molecule has 2 heterocycles. The maximum Gasteiger partial charge on any atom is 0.338 e. The molecule has 1 aliphatic rings. The Morgan fingerprint density at radius 3 is 2.70 bits per heavy atom. The molecule has 8 nitrogen and oxygen atoms in total. The van der Waals surface area contributed by atoms with E-state index in [0.29, 0.717) is 25.6 Å². The summed E-state index contributed by atoms with van der Waals surface area (Å²) in [4.78, 5) is 42.0. The molecule has 0 fully saturated rings. The van der Waals surface area contributed by atoms with Gasteiger partial charge >= 0.3 is 5.97 Å². The molecule has 2 aromatic carbocycles. The molecule has 0 radical (unpaired) electrons. The summed E-state index contributed by atoms with van der Waals surface area (Å²) in [5.41, 5.74) is 1.25. The molecule has 0 N–H and O–H groups in total. The Labute approximate surface area is 196 Å². The highest BCUT2D eigenvalue weighted by molar-refractivity contribution is 7.07. The average molecular weight is 484 g/mol. The number of fused-ring (bicyclic) bond motifs is 1. The Kier molecular flexibility index (Phi) is 6.26. The van der Waals surface area contributed by atoms with Crippen LogP contribution in [0.4, 0.5) is 5.69 Å². The van der Waals surface area contributed by atoms with Gasteiger partial charge in [0.25, 0.3) is 11.2 Å². The number of nitrogens with zero attached hydrogens (tertiary/aromatic N) is 3. The first kappa shape index (κ1) is 22.6. The normalized spacial score (nSPS) is 15.7. The number of thiazole rings is 1. The third-order valence-electron chi connectivity index (χ3n) is 5.08. The zero-order valence-corrected chi connectivity index (χ0v) is 19.2. The standard InChI is InChI=1S/C23H18ClN3O5S/c1-3-32-22(29)19-13(2)25-23-26(20(19)15-5-4-6-17(12-15)27(30)31)21(28)18(33-23)11-14-7-9-16(24)10-8-14/h4-12,20H,3H2,1-2H3/b18-11-/t20-/m1/s1. The number of carbonyl (C=O) groups excluding carboxylic acids is 1. The van der Waals surface area contributed by atoms with Crippen LogP contribution in [0.2, 0.25) is 5.02 Å². The van der Waals surface area contributed by atoms with Gasteiger partial charge in [-0.05, 0) is 43.2 Å². The SMILES string of the molecule is CCOC(=O)C1=C(C)N=c2s/c(=C\c3ccc(Cl)cc3)c(=O)n2[C@@H]1c1cccc([N+](=O)[O-])c1. The van der Waals surface area contributed by atoms with Crippen molar-refractivity contribution in [2.75, 3.05) is 6.61 Å². The maximum absolute atomic E-state index is 13.5. The van der Waals surface area contributed by atoms with E-state index < -0.39 is 16.9 Å². The van der Waals surface area contributed by atoms with E-state index in [9.17, 15) is 19.7 Å². The summed E-state index contributed by atoms with van der Waals surface area (Å²) in [7, 11) is 0. The Hall–Kier alpha value is -3.56. The monoisotopic (exact) mass is 483 g/mol. The Morgan fingerprint density at radius 2 is 2.03 bits per heavy atom. The van der Waals surface area contributed by atoms with Crippen LogP contribution in [0.25, 0.3) is 6.08 Å². The second-order valence-electron chi connectivity index (χ2n) is 7.21. The highest BCUT2D eigenvalue weighted by Gasteiger charge is 2.34. The predicted molar refractivity (Wildman–Crippen MR) is 125 cm³/mol. The van der Waals surface area contributed by atoms with Crippen molar-refractivity contribution in [2.45, 2.75) is 19.9 Å². The number of hydrogen-bond acceptors (Lipinski definition) is 7. The van der Waals surface area contributed by atoms with Gasteiger partial charge in [-0.3, -0.25) is 19.5 Å². The second kappa shape index (κ2) is 9.13. The van der Waals surface area contributed by atoms with Crippen molar-refractivity contribution >= 4 is 40.7 Å². The van der Waals surface area contributed by atoms with Gasteiger partial charge in [-0.2, -0.15) is 0 Å². The molecule has 0 saturated carbocycles. The first-order chi connectivity index (χ1) is 15.8. The molecule has 1 atom stereocenters. The molecule has 3 aromatic rings. The van der Waals surface area contributed by atoms with Crippen molar-refractivity contribution in [3.05, 3.63) is 106 Å². The lowest BCUT2D eigenvalue weighted by atomic mass is 9.95. The van der Waals surface area contributed by atoms with Gasteiger partial charge in [0.05, 0.1) is 33.4 Å². The van der Waals surface area contributed by atoms with E-state index in [1.165, 1.54) is 34.1 Å². The zero-order valence-electron chi connectivity index (χ0n) is 17.6. The molecule has 33 heavy (non-hydrogen) atoms. The quantitative estimate of drug-likeness (QED) is 0.314. The van der Waals surface area contributed by atoms with Gasteiger partial charge in [0, 0.05) is 17.2 Å². The van der Waals surface area contributed by atoms with E-state index in [0.717, 1.165) is 5.56 Å². The van der Waals surface area contributed by atoms with E-state index in [1.54, 1.807) is 50.3 Å². The van der Waals surface area contributed by atoms with Crippen LogP contribution >= 0.6 is 22.9 Å². The summed E-state index contributed by atoms with van der Waals surface area (Å²) in [6.45, 7) is 3.47. The van der Waals surface area contributed by atoms with Gasteiger partial charge in [0.2, 0.25) is 0 Å². The number of allylic oxidation sites excluding steroid dienone is 1. The molecular formula is C23H18ClN3O5S. The lowest BCUT2D eigenvalue weighted by Gasteiger charge is -2.24. The zero-order chi connectivity index (χ0) is 23.7. The number of benzene rings is 2. The van der Waals surface area contributed by atoms with Crippen molar-refractivity contribution < 1.29 is 14.5 Å². The van der Waals surface area contributed by atoms with Crippen molar-refractivity contribution in [3.8, 4) is 0 Å². The fraction of sp³-hybridized carbons (Fsp3) is 0.174. The van der Waals surface area contributed by atoms with Crippen LogP contribution in [-0.4, -0.2) is 22.1 Å². The molecule has 0 spiro atoms. The molecule has 0 bridgehead atoms. The number of carbonyl (C=O) groups is 1. The van der Waals surface area contributed by atoms with Crippen LogP contribution in [0.3, 0.4) is 0 Å². The first-order valence-electron chi connectivity index (χ1n) is 9.99. The van der Waals surface area contributed by atoms with E-state index in [-0.39, 0.29) is 23.4 Å². The molecule has 4 rings (SSSR count). The number of esters is 1. The minimum absolute atomic E-state index is 0.137. The average Bonchev–Trinajstić information content (AvgIpc) is 3.09. The van der Waals surface area contributed by atoms with Gasteiger partial charge in [-0.15, -0.1) is 0 Å². The summed E-state index contributed by atoms with van der Waals surface area (Å²) >= 11 is 7.12. The molecule has 168 valence electrons. The van der Waals surface area contributed by atoms with Crippen molar-refractivity contribution in [3.63, 3.8) is 0 Å². The number of rotatable bonds is 5. The Morgan fingerprint density at radius 1 is 1.30 bits per heavy atom. The number of aromatic nitrogens is 1. The molecule has 0 aliphatic carbocycles. The first-order valence-corrected chi connectivity index (χ1v) is 11.2. The van der Waals surface area contributed by atoms with Crippen LogP contribution in [0, 0.1) is 10.1 Å². The Bertz CT molecular complexity index is 1470. The minimum Gasteiger partial charge on any atom is -0.463 e. The lowest BCUT2D eigenvalue weighted by molar-refractivity contribution is -0.384. The number of non-ortho nitro benzene ring substituents is 1. The molecule has 0 unspecified atom stereocenters. The minimum atomic E-state index is -0.910. The van der Waals surface area contributed by atoms with Gasteiger partial charge in [-0.1, -0.05) is 47.2 Å². The van der Waals surface area contributed by atoms with Crippen molar-refractivity contribution in [1.29, 1.82) is 0 Å². The summed E-state index contributed by atoms with van der Waals surface area (Å²) in [6.07, 6.45) is 1.72. The number of nitro groups is 1. The summed E-state index contributed by atoms with van der Waals surface area (Å²) in [6, 6.07) is 12.0. The van der Waals surface area contributed by atoms with Crippen molar-refractivity contribution in [2.24, 2.45) is 4.99 Å². The van der Waals surface area contributed by atoms with Crippen LogP contribution in [0.1, 0.15) is 31.0 Å². The maximum atomic E-state index is 13.5. The lowest BCUT2D eigenvalue weighted by Crippen LogP contribution is -2.39. The number of hydrogen-bond donors (Lipinski definition) is 0. The third kappa shape index (κ3) is 4.37. The van der Waals surface area contributed by atoms with Crippen LogP contribution in [-0.2, 0) is 9.53 Å². The molecular weight excluding hydrogens is 466 g/mol. The highest BCUT2D eigenvalue weighted by atomic mass is 35.5. The second-order valence-corrected chi connectivity index (χ2v) is 8.65. The fourth-order valence-electron chi connectivity index (χ4n) is 3.63. The molecule has 0 amide bonds. The number of nitro benzene ring substituents is 1. The molecule has 0 saturated heterocycles. The Balaban J connectivity index is 1.97. The molecule has 10 heteroatoms. The van der Waals surface area contributed by atoms with Crippen molar-refractivity contribution in [1.82, 2.24) is 4.57 Å². The largest absolute Gasteiger partial charge is 0.463 e. The number of ether oxygens (including phenoxy) is 1. The van der Waals surface area contributed by atoms with E-state index in [4.69, 9.17) is 16.3 Å². The fourth-order valence-corrected chi connectivity index (χ4v) is 4.80. The summed E-state index contributed by atoms with van der Waals surface area (Å²) < 4.78 is 7.03. The predicted octanol–water partition coefficient (Wildman–Crippen LogP) is 3.36. The van der Waals surface area contributed by atoms with E-state index >= 15 is 0 Å². The van der Waals surface area contributed by atoms with Crippen LogP contribution in [0.15, 0.2) is 69.6 Å². The van der Waals surface area contributed by atoms with E-state index in [1.807, 2.05) is 0 Å². The highest BCUT2D eigenvalue weighted by Crippen LogP contribution is 2.32. The van der Waals surface area contributed by atoms with E-state index in [2.05, 4.69) is 4.99 Å². The van der Waals surface area contributed by atoms with Gasteiger partial charge in [0.15, 0.2) is 4.80 Å². The summed E-state index contributed by atoms with van der Waals surface area (Å²) in [5.74, 6) is -0.623. The topological polar surface area (TPSA) is 104 Å². The number of halogens is 1. The summed E-state index contributed by atoms with van der Waals surface area (Å²) in [5, 5.41) is 11.9. The van der Waals surface area contributed by atoms with Gasteiger partial charge in [0.1, 0.15) is 0 Å². The molecule has 1 aromatic heterocycles. The van der Waals surface area contributed by atoms with Gasteiger partial charge < -0.3 is 4.74 Å². The van der Waals surface area contributed by atoms with Crippen LogP contribution in [0.5, 0.6) is 0 Å². The third-order valence-corrected chi connectivity index (χ3v) is 6.32. The molecule has 1 aliphatic heterocycles. The smallest absolute Gasteiger partial charge is 0.338 e. The van der Waals surface area contributed by atoms with Crippen LogP contribution < -0.4 is 14.9 Å². The van der Waals surface area contributed by atoms with Gasteiger partial charge in [-0.25, -0.2) is 9.79 Å².